The maximum Gasteiger partial charge on any atom is 0.115 e. The highest BCUT2D eigenvalue weighted by molar-refractivity contribution is 7.98. The highest BCUT2D eigenvalue weighted by Gasteiger charge is 2.10. The topological polar surface area (TPSA) is 41.1 Å². The zero-order chi connectivity index (χ0) is 14.8. The lowest BCUT2D eigenvalue weighted by molar-refractivity contribution is 1.03. The Bertz CT molecular complexity index is 810. The van der Waals surface area contributed by atoms with Crippen molar-refractivity contribution in [1.29, 1.82) is 5.26 Å². The SMILES string of the molecule is Cc1cc(C)c(C#N)c(SCc2cc3ccccn3c2)n1. The number of fused-ring (bicyclic) bond motifs is 1. The van der Waals surface area contributed by atoms with Gasteiger partial charge >= 0.3 is 0 Å². The van der Waals surface area contributed by atoms with E-state index >= 15 is 0 Å². The van der Waals surface area contributed by atoms with Crippen LogP contribution in [0.4, 0.5) is 0 Å². The summed E-state index contributed by atoms with van der Waals surface area (Å²) in [6.07, 6.45) is 4.16. The molecule has 0 atom stereocenters. The fraction of sp³-hybridized carbons (Fsp3) is 0.176. The molecule has 0 aliphatic carbocycles. The van der Waals surface area contributed by atoms with Crippen LogP contribution in [0.15, 0.2) is 47.8 Å². The van der Waals surface area contributed by atoms with E-state index in [0.717, 1.165) is 22.0 Å². The van der Waals surface area contributed by atoms with Crippen molar-refractivity contribution < 1.29 is 0 Å². The zero-order valence-corrected chi connectivity index (χ0v) is 12.8. The van der Waals surface area contributed by atoms with Crippen molar-refractivity contribution >= 4 is 17.3 Å². The van der Waals surface area contributed by atoms with Crippen LogP contribution in [0.1, 0.15) is 22.4 Å². The molecule has 0 N–H and O–H groups in total. The number of aryl methyl sites for hydroxylation is 2. The van der Waals surface area contributed by atoms with Gasteiger partial charge in [0.05, 0.1) is 5.56 Å². The van der Waals surface area contributed by atoms with Crippen molar-refractivity contribution in [1.82, 2.24) is 9.38 Å². The van der Waals surface area contributed by atoms with E-state index in [9.17, 15) is 5.26 Å². The molecule has 0 saturated carbocycles. The van der Waals surface area contributed by atoms with Gasteiger partial charge in [0, 0.05) is 29.4 Å². The summed E-state index contributed by atoms with van der Waals surface area (Å²) >= 11 is 1.62. The smallest absolute Gasteiger partial charge is 0.115 e. The summed E-state index contributed by atoms with van der Waals surface area (Å²) in [4.78, 5) is 4.51. The van der Waals surface area contributed by atoms with E-state index in [0.29, 0.717) is 5.56 Å². The van der Waals surface area contributed by atoms with Gasteiger partial charge in [-0.25, -0.2) is 4.98 Å². The molecule has 0 fully saturated rings. The Hall–Kier alpha value is -2.25. The molecule has 3 aromatic heterocycles. The summed E-state index contributed by atoms with van der Waals surface area (Å²) in [7, 11) is 0. The van der Waals surface area contributed by atoms with Gasteiger partial charge in [0.1, 0.15) is 11.1 Å². The molecule has 3 nitrogen and oxygen atoms in total. The molecule has 104 valence electrons. The third kappa shape index (κ3) is 2.79. The molecule has 3 rings (SSSR count). The summed E-state index contributed by atoms with van der Waals surface area (Å²) in [6.45, 7) is 3.93. The van der Waals surface area contributed by atoms with Crippen molar-refractivity contribution in [2.24, 2.45) is 0 Å². The van der Waals surface area contributed by atoms with Crippen molar-refractivity contribution in [3.63, 3.8) is 0 Å². The van der Waals surface area contributed by atoms with E-state index < -0.39 is 0 Å². The third-order valence-corrected chi connectivity index (χ3v) is 4.41. The number of aromatic nitrogens is 2. The summed E-state index contributed by atoms with van der Waals surface area (Å²) in [5.41, 5.74) is 5.05. The number of thioether (sulfide) groups is 1. The Balaban J connectivity index is 1.86. The molecule has 3 heterocycles. The largest absolute Gasteiger partial charge is 0.324 e. The lowest BCUT2D eigenvalue weighted by atomic mass is 10.1. The van der Waals surface area contributed by atoms with Gasteiger partial charge in [-0.05, 0) is 49.2 Å². The molecule has 21 heavy (non-hydrogen) atoms. The van der Waals surface area contributed by atoms with Crippen LogP contribution < -0.4 is 0 Å². The first kappa shape index (κ1) is 13.7. The van der Waals surface area contributed by atoms with Gasteiger partial charge in [-0.3, -0.25) is 0 Å². The second kappa shape index (κ2) is 5.63. The number of rotatable bonds is 3. The minimum atomic E-state index is 0.689. The van der Waals surface area contributed by atoms with Gasteiger partial charge in [-0.1, -0.05) is 6.07 Å². The predicted octanol–water partition coefficient (Wildman–Crippen LogP) is 4.12. The highest BCUT2D eigenvalue weighted by atomic mass is 32.2. The van der Waals surface area contributed by atoms with E-state index in [2.05, 4.69) is 33.8 Å². The van der Waals surface area contributed by atoms with Crippen molar-refractivity contribution in [2.45, 2.75) is 24.6 Å². The Morgan fingerprint density at radius 2 is 2.14 bits per heavy atom. The number of nitriles is 1. The molecule has 0 aromatic carbocycles. The first-order chi connectivity index (χ1) is 10.2. The monoisotopic (exact) mass is 293 g/mol. The fourth-order valence-electron chi connectivity index (χ4n) is 2.39. The van der Waals surface area contributed by atoms with E-state index in [1.165, 1.54) is 11.1 Å². The quantitative estimate of drug-likeness (QED) is 0.682. The molecular weight excluding hydrogens is 278 g/mol. The van der Waals surface area contributed by atoms with Crippen molar-refractivity contribution in [3.8, 4) is 6.07 Å². The predicted molar refractivity (Wildman–Crippen MR) is 85.4 cm³/mol. The lowest BCUT2D eigenvalue weighted by Gasteiger charge is -2.06. The molecule has 0 aliphatic rings. The number of hydrogen-bond donors (Lipinski definition) is 0. The molecule has 0 unspecified atom stereocenters. The van der Waals surface area contributed by atoms with E-state index in [4.69, 9.17) is 0 Å². The first-order valence-electron chi connectivity index (χ1n) is 6.74. The second-order valence-corrected chi connectivity index (χ2v) is 6.01. The Morgan fingerprint density at radius 1 is 1.29 bits per heavy atom. The van der Waals surface area contributed by atoms with Crippen LogP contribution in [0.3, 0.4) is 0 Å². The average Bonchev–Trinajstić information content (AvgIpc) is 2.87. The van der Waals surface area contributed by atoms with Crippen LogP contribution in [0.5, 0.6) is 0 Å². The molecule has 4 heteroatoms. The van der Waals surface area contributed by atoms with Crippen LogP contribution in [0, 0.1) is 25.2 Å². The van der Waals surface area contributed by atoms with Crippen LogP contribution in [0.2, 0.25) is 0 Å². The molecule has 3 aromatic rings. The summed E-state index contributed by atoms with van der Waals surface area (Å²) in [5.74, 6) is 0.812. The standard InChI is InChI=1S/C17H15N3S/c1-12-7-13(2)19-17(16(12)9-18)21-11-14-8-15-5-3-4-6-20(15)10-14/h3-8,10H,11H2,1-2H3. The minimum absolute atomic E-state index is 0.689. The van der Waals surface area contributed by atoms with Gasteiger partial charge in [0.25, 0.3) is 0 Å². The van der Waals surface area contributed by atoms with Gasteiger partial charge in [-0.15, -0.1) is 11.8 Å². The van der Waals surface area contributed by atoms with Gasteiger partial charge in [-0.2, -0.15) is 5.26 Å². The van der Waals surface area contributed by atoms with Crippen LogP contribution in [-0.2, 0) is 5.75 Å². The highest BCUT2D eigenvalue weighted by Crippen LogP contribution is 2.27. The summed E-state index contributed by atoms with van der Waals surface area (Å²) in [5, 5.41) is 10.1. The van der Waals surface area contributed by atoms with E-state index in [1.54, 1.807) is 11.8 Å². The van der Waals surface area contributed by atoms with Crippen LogP contribution in [-0.4, -0.2) is 9.38 Å². The molecule has 0 spiro atoms. The maximum absolute atomic E-state index is 9.29. The molecule has 0 aliphatic heterocycles. The second-order valence-electron chi connectivity index (χ2n) is 5.04. The summed E-state index contributed by atoms with van der Waals surface area (Å²) in [6, 6.07) is 12.5. The number of pyridine rings is 2. The molecule has 0 radical (unpaired) electrons. The molecular formula is C17H15N3S. The van der Waals surface area contributed by atoms with Gasteiger partial charge < -0.3 is 4.40 Å². The lowest BCUT2D eigenvalue weighted by Crippen LogP contribution is -1.94. The summed E-state index contributed by atoms with van der Waals surface area (Å²) < 4.78 is 2.11. The maximum atomic E-state index is 9.29. The fourth-order valence-corrected chi connectivity index (χ4v) is 3.41. The van der Waals surface area contributed by atoms with Crippen molar-refractivity contribution in [2.75, 3.05) is 0 Å². The van der Waals surface area contributed by atoms with Gasteiger partial charge in [0.2, 0.25) is 0 Å². The molecule has 0 bridgehead atoms. The van der Waals surface area contributed by atoms with Crippen LogP contribution in [0.25, 0.3) is 5.52 Å². The normalized spacial score (nSPS) is 10.7. The van der Waals surface area contributed by atoms with Crippen LogP contribution >= 0.6 is 11.8 Å². The minimum Gasteiger partial charge on any atom is -0.324 e. The number of nitrogens with zero attached hydrogens (tertiary/aromatic N) is 3. The number of hydrogen-bond acceptors (Lipinski definition) is 3. The molecule has 0 amide bonds. The Kier molecular flexibility index (Phi) is 3.68. The van der Waals surface area contributed by atoms with E-state index in [-0.39, 0.29) is 0 Å². The van der Waals surface area contributed by atoms with Gasteiger partial charge in [0.15, 0.2) is 0 Å². The Morgan fingerprint density at radius 3 is 2.90 bits per heavy atom. The Labute approximate surface area is 128 Å². The average molecular weight is 293 g/mol. The third-order valence-electron chi connectivity index (χ3n) is 3.36. The van der Waals surface area contributed by atoms with E-state index in [1.807, 2.05) is 38.2 Å². The molecule has 0 saturated heterocycles. The van der Waals surface area contributed by atoms with Crippen molar-refractivity contribution in [3.05, 3.63) is 65.1 Å². The first-order valence-corrected chi connectivity index (χ1v) is 7.72. The zero-order valence-electron chi connectivity index (χ0n) is 12.0.